The van der Waals surface area contributed by atoms with Gasteiger partial charge in [-0.3, -0.25) is 9.78 Å². The number of anilines is 1. The molecule has 0 aliphatic rings. The Bertz CT molecular complexity index is 972. The normalized spacial score (nSPS) is 11.4. The molecule has 3 N–H and O–H groups in total. The predicted molar refractivity (Wildman–Crippen MR) is 114 cm³/mol. The van der Waals surface area contributed by atoms with Gasteiger partial charge in [-0.2, -0.15) is 0 Å². The molecular formula is C23H24N4O2. The maximum absolute atomic E-state index is 12.4. The Kier molecular flexibility index (Phi) is 6.58. The number of nitrogens with zero attached hydrogens (tertiary/aromatic N) is 1. The first kappa shape index (κ1) is 20.1. The summed E-state index contributed by atoms with van der Waals surface area (Å²) in [5.74, 6) is -0.166. The van der Waals surface area contributed by atoms with Crippen LogP contribution in [0.15, 0.2) is 73.1 Å². The number of benzene rings is 2. The van der Waals surface area contributed by atoms with E-state index >= 15 is 0 Å². The average molecular weight is 388 g/mol. The Morgan fingerprint density at radius 2 is 1.76 bits per heavy atom. The summed E-state index contributed by atoms with van der Waals surface area (Å²) in [6.45, 7) is 4.25. The zero-order valence-corrected chi connectivity index (χ0v) is 16.5. The van der Waals surface area contributed by atoms with Gasteiger partial charge in [-0.05, 0) is 54.8 Å². The molecule has 1 heterocycles. The summed E-state index contributed by atoms with van der Waals surface area (Å²) in [4.78, 5) is 28.6. The van der Waals surface area contributed by atoms with Crippen molar-refractivity contribution in [3.05, 3.63) is 95.3 Å². The number of amides is 3. The molecule has 29 heavy (non-hydrogen) atoms. The lowest BCUT2D eigenvalue weighted by atomic mass is 10.1. The maximum Gasteiger partial charge on any atom is 0.315 e. The van der Waals surface area contributed by atoms with Crippen LogP contribution >= 0.6 is 0 Å². The molecule has 6 heteroatoms. The Hall–Kier alpha value is -3.67. The van der Waals surface area contributed by atoms with Crippen LogP contribution in [0.4, 0.5) is 10.5 Å². The van der Waals surface area contributed by atoms with E-state index in [1.54, 1.807) is 24.5 Å². The van der Waals surface area contributed by atoms with E-state index in [9.17, 15) is 9.59 Å². The third-order valence-corrected chi connectivity index (χ3v) is 4.59. The molecule has 3 aromatic rings. The van der Waals surface area contributed by atoms with Gasteiger partial charge < -0.3 is 16.0 Å². The van der Waals surface area contributed by atoms with Crippen molar-refractivity contribution in [2.24, 2.45) is 0 Å². The van der Waals surface area contributed by atoms with Gasteiger partial charge in [-0.1, -0.05) is 36.4 Å². The Morgan fingerprint density at radius 1 is 1.00 bits per heavy atom. The quantitative estimate of drug-likeness (QED) is 0.592. The maximum atomic E-state index is 12.4. The lowest BCUT2D eigenvalue weighted by Gasteiger charge is -2.16. The van der Waals surface area contributed by atoms with Crippen molar-refractivity contribution in [3.63, 3.8) is 0 Å². The van der Waals surface area contributed by atoms with Crippen molar-refractivity contribution in [2.45, 2.75) is 26.4 Å². The van der Waals surface area contributed by atoms with Gasteiger partial charge in [-0.25, -0.2) is 4.79 Å². The van der Waals surface area contributed by atoms with Crippen LogP contribution in [0.5, 0.6) is 0 Å². The summed E-state index contributed by atoms with van der Waals surface area (Å²) in [5.41, 5.74) is 4.20. The lowest BCUT2D eigenvalue weighted by Crippen LogP contribution is -2.36. The number of urea groups is 1. The van der Waals surface area contributed by atoms with Gasteiger partial charge in [-0.15, -0.1) is 0 Å². The van der Waals surface area contributed by atoms with E-state index in [-0.39, 0.29) is 18.0 Å². The van der Waals surface area contributed by atoms with E-state index in [1.165, 1.54) is 0 Å². The summed E-state index contributed by atoms with van der Waals surface area (Å²) in [5, 5.41) is 8.61. The van der Waals surface area contributed by atoms with Gasteiger partial charge >= 0.3 is 6.03 Å². The first-order valence-corrected chi connectivity index (χ1v) is 9.43. The number of nitrogens with one attached hydrogen (secondary N) is 3. The minimum Gasteiger partial charge on any atom is -0.334 e. The SMILES string of the molecule is Cc1ccccc1NC(=O)c1ccc(C(C)NC(=O)NCc2cccnc2)cc1. The fourth-order valence-corrected chi connectivity index (χ4v) is 2.85. The zero-order chi connectivity index (χ0) is 20.6. The number of hydrogen-bond donors (Lipinski definition) is 3. The number of para-hydroxylation sites is 1. The van der Waals surface area contributed by atoms with Gasteiger partial charge in [0.25, 0.3) is 5.91 Å². The molecule has 0 saturated carbocycles. The number of aromatic nitrogens is 1. The summed E-state index contributed by atoms with van der Waals surface area (Å²) < 4.78 is 0. The highest BCUT2D eigenvalue weighted by Crippen LogP contribution is 2.17. The van der Waals surface area contributed by atoms with Crippen LogP contribution in [0.2, 0.25) is 0 Å². The molecule has 148 valence electrons. The number of aryl methyl sites for hydroxylation is 1. The van der Waals surface area contributed by atoms with Gasteiger partial charge in [0.1, 0.15) is 0 Å². The number of pyridine rings is 1. The molecule has 1 unspecified atom stereocenters. The highest BCUT2D eigenvalue weighted by Gasteiger charge is 2.12. The average Bonchev–Trinajstić information content (AvgIpc) is 2.74. The van der Waals surface area contributed by atoms with Gasteiger partial charge in [0.15, 0.2) is 0 Å². The van der Waals surface area contributed by atoms with Crippen molar-refractivity contribution in [3.8, 4) is 0 Å². The molecule has 0 aliphatic heterocycles. The molecule has 0 bridgehead atoms. The minimum atomic E-state index is -0.261. The van der Waals surface area contributed by atoms with Crippen molar-refractivity contribution < 1.29 is 9.59 Å². The van der Waals surface area contributed by atoms with Crippen LogP contribution < -0.4 is 16.0 Å². The first-order valence-electron chi connectivity index (χ1n) is 9.43. The van der Waals surface area contributed by atoms with Crippen LogP contribution in [0, 0.1) is 6.92 Å². The summed E-state index contributed by atoms with van der Waals surface area (Å²) in [7, 11) is 0. The highest BCUT2D eigenvalue weighted by atomic mass is 16.2. The molecule has 0 spiro atoms. The Labute approximate surface area is 170 Å². The third kappa shape index (κ3) is 5.65. The smallest absolute Gasteiger partial charge is 0.315 e. The largest absolute Gasteiger partial charge is 0.334 e. The third-order valence-electron chi connectivity index (χ3n) is 4.59. The fourth-order valence-electron chi connectivity index (χ4n) is 2.85. The molecule has 3 amide bonds. The van der Waals surface area contributed by atoms with E-state index in [4.69, 9.17) is 0 Å². The van der Waals surface area contributed by atoms with Crippen LogP contribution in [0.3, 0.4) is 0 Å². The molecule has 0 radical (unpaired) electrons. The van der Waals surface area contributed by atoms with Crippen molar-refractivity contribution in [2.75, 3.05) is 5.32 Å². The van der Waals surface area contributed by atoms with E-state index in [1.807, 2.05) is 62.4 Å². The Balaban J connectivity index is 1.54. The second-order valence-corrected chi connectivity index (χ2v) is 6.80. The van der Waals surface area contributed by atoms with Crippen LogP contribution in [0.1, 0.15) is 40.0 Å². The molecule has 1 atom stereocenters. The molecule has 6 nitrogen and oxygen atoms in total. The van der Waals surface area contributed by atoms with Crippen molar-refractivity contribution >= 4 is 17.6 Å². The monoisotopic (exact) mass is 388 g/mol. The molecule has 2 aromatic carbocycles. The molecule has 0 saturated heterocycles. The Morgan fingerprint density at radius 3 is 2.45 bits per heavy atom. The van der Waals surface area contributed by atoms with Crippen LogP contribution in [0.25, 0.3) is 0 Å². The number of carbonyl (C=O) groups excluding carboxylic acids is 2. The van der Waals surface area contributed by atoms with Gasteiger partial charge in [0.05, 0.1) is 6.04 Å². The molecule has 3 rings (SSSR count). The molecule has 0 aliphatic carbocycles. The van der Waals surface area contributed by atoms with E-state index < -0.39 is 0 Å². The number of rotatable bonds is 6. The van der Waals surface area contributed by atoms with E-state index in [0.717, 1.165) is 22.4 Å². The summed E-state index contributed by atoms with van der Waals surface area (Å²) in [6.07, 6.45) is 3.40. The number of hydrogen-bond acceptors (Lipinski definition) is 3. The van der Waals surface area contributed by atoms with E-state index in [0.29, 0.717) is 12.1 Å². The van der Waals surface area contributed by atoms with Crippen molar-refractivity contribution in [1.29, 1.82) is 0 Å². The van der Waals surface area contributed by atoms with Crippen LogP contribution in [-0.2, 0) is 6.54 Å². The first-order chi connectivity index (χ1) is 14.0. The highest BCUT2D eigenvalue weighted by molar-refractivity contribution is 6.04. The standard InChI is InChI=1S/C23H24N4O2/c1-16-6-3-4-8-21(16)27-22(28)20-11-9-19(10-12-20)17(2)26-23(29)25-15-18-7-5-13-24-14-18/h3-14,17H,15H2,1-2H3,(H,27,28)(H2,25,26,29). The molecule has 0 fully saturated rings. The van der Waals surface area contributed by atoms with Crippen LogP contribution in [-0.4, -0.2) is 16.9 Å². The second-order valence-electron chi connectivity index (χ2n) is 6.80. The lowest BCUT2D eigenvalue weighted by molar-refractivity contribution is 0.102. The fraction of sp³-hybridized carbons (Fsp3) is 0.174. The van der Waals surface area contributed by atoms with Gasteiger partial charge in [0.2, 0.25) is 0 Å². The van der Waals surface area contributed by atoms with Crippen molar-refractivity contribution in [1.82, 2.24) is 15.6 Å². The number of carbonyl (C=O) groups is 2. The summed E-state index contributed by atoms with van der Waals surface area (Å²) in [6, 6.07) is 18.1. The predicted octanol–water partition coefficient (Wildman–Crippen LogP) is 4.20. The minimum absolute atomic E-state index is 0.166. The zero-order valence-electron chi connectivity index (χ0n) is 16.5. The summed E-state index contributed by atoms with van der Waals surface area (Å²) >= 11 is 0. The molecular weight excluding hydrogens is 364 g/mol. The van der Waals surface area contributed by atoms with Gasteiger partial charge in [0, 0.05) is 30.2 Å². The second kappa shape index (κ2) is 9.50. The van der Waals surface area contributed by atoms with E-state index in [2.05, 4.69) is 20.9 Å². The molecule has 1 aromatic heterocycles. The topological polar surface area (TPSA) is 83.1 Å².